The molecule has 30 heavy (non-hydrogen) atoms. The van der Waals surface area contributed by atoms with Gasteiger partial charge in [0.05, 0.1) is 6.61 Å². The Morgan fingerprint density at radius 1 is 1.10 bits per heavy atom. The quantitative estimate of drug-likeness (QED) is 0.826. The fraction of sp³-hybridized carbons (Fsp3) is 0.480. The number of amides is 1. The number of hydrogen-bond donors (Lipinski definition) is 1. The second-order valence-corrected chi connectivity index (χ2v) is 8.55. The van der Waals surface area contributed by atoms with Crippen LogP contribution in [0.25, 0.3) is 11.1 Å². The molecule has 0 saturated carbocycles. The Hall–Kier alpha value is -2.21. The molecule has 160 valence electrons. The second kappa shape index (κ2) is 9.29. The minimum absolute atomic E-state index is 0.0559. The maximum absolute atomic E-state index is 12.5. The normalized spacial score (nSPS) is 24.5. The Kier molecular flexibility index (Phi) is 6.52. The first-order chi connectivity index (χ1) is 14.6. The summed E-state index contributed by atoms with van der Waals surface area (Å²) in [6, 6.07) is 17.6. The molecule has 4 rings (SSSR count). The Morgan fingerprint density at radius 2 is 1.87 bits per heavy atom. The van der Waals surface area contributed by atoms with Gasteiger partial charge in [0.15, 0.2) is 0 Å². The van der Waals surface area contributed by atoms with Gasteiger partial charge in [0.25, 0.3) is 0 Å². The lowest BCUT2D eigenvalue weighted by atomic mass is 9.74. The molecule has 0 unspecified atom stereocenters. The maximum atomic E-state index is 12.5. The van der Waals surface area contributed by atoms with Gasteiger partial charge < -0.3 is 14.7 Å². The summed E-state index contributed by atoms with van der Waals surface area (Å²) in [5.41, 5.74) is 4.92. The van der Waals surface area contributed by atoms with Crippen molar-refractivity contribution in [1.29, 1.82) is 0 Å². The van der Waals surface area contributed by atoms with E-state index in [9.17, 15) is 9.90 Å². The maximum Gasteiger partial charge on any atom is 0.248 e. The van der Waals surface area contributed by atoms with E-state index in [4.69, 9.17) is 4.74 Å². The fourth-order valence-corrected chi connectivity index (χ4v) is 5.10. The van der Waals surface area contributed by atoms with Crippen LogP contribution in [0.1, 0.15) is 29.9 Å². The molecule has 5 nitrogen and oxygen atoms in total. The van der Waals surface area contributed by atoms with Crippen LogP contribution >= 0.6 is 0 Å². The van der Waals surface area contributed by atoms with E-state index < -0.39 is 0 Å². The lowest BCUT2D eigenvalue weighted by Gasteiger charge is -2.57. The van der Waals surface area contributed by atoms with Gasteiger partial charge >= 0.3 is 0 Å². The number of benzene rings is 2. The third kappa shape index (κ3) is 4.15. The van der Waals surface area contributed by atoms with Crippen molar-refractivity contribution in [3.05, 3.63) is 59.7 Å². The number of aryl methyl sites for hydroxylation is 1. The van der Waals surface area contributed by atoms with E-state index in [1.54, 1.807) is 7.11 Å². The van der Waals surface area contributed by atoms with E-state index in [1.807, 2.05) is 4.90 Å². The second-order valence-electron chi connectivity index (χ2n) is 8.55. The molecule has 2 aliphatic heterocycles. The molecule has 5 heteroatoms. The number of carbonyl (C=O) groups excluding carboxylic acids is 1. The summed E-state index contributed by atoms with van der Waals surface area (Å²) in [7, 11) is 1.57. The van der Waals surface area contributed by atoms with E-state index in [0.717, 1.165) is 25.9 Å². The predicted octanol–water partition coefficient (Wildman–Crippen LogP) is 3.06. The number of carbonyl (C=O) groups is 1. The number of ether oxygens (including phenoxy) is 1. The van der Waals surface area contributed by atoms with Crippen LogP contribution in [0.2, 0.25) is 0 Å². The van der Waals surface area contributed by atoms with Gasteiger partial charge in [-0.3, -0.25) is 9.69 Å². The van der Waals surface area contributed by atoms with Crippen LogP contribution in [-0.4, -0.2) is 72.9 Å². The van der Waals surface area contributed by atoms with Gasteiger partial charge in [0.1, 0.15) is 6.61 Å². The van der Waals surface area contributed by atoms with Crippen LogP contribution < -0.4 is 0 Å². The highest BCUT2D eigenvalue weighted by Crippen LogP contribution is 2.42. The van der Waals surface area contributed by atoms with E-state index in [1.165, 1.54) is 22.3 Å². The summed E-state index contributed by atoms with van der Waals surface area (Å²) in [5.74, 6) is 0.290. The lowest BCUT2D eigenvalue weighted by Crippen LogP contribution is -2.68. The summed E-state index contributed by atoms with van der Waals surface area (Å²) < 4.78 is 5.08. The number of methoxy groups -OCH3 is 1. The van der Waals surface area contributed by atoms with Gasteiger partial charge in [0.2, 0.25) is 5.91 Å². The van der Waals surface area contributed by atoms with Crippen molar-refractivity contribution in [2.45, 2.75) is 37.8 Å². The van der Waals surface area contributed by atoms with E-state index in [0.29, 0.717) is 6.54 Å². The first-order valence-corrected chi connectivity index (χ1v) is 10.9. The molecule has 0 spiro atoms. The zero-order chi connectivity index (χ0) is 21.1. The lowest BCUT2D eigenvalue weighted by molar-refractivity contribution is -0.140. The molecule has 1 amide bonds. The molecule has 2 aromatic carbocycles. The van der Waals surface area contributed by atoms with Gasteiger partial charge in [0, 0.05) is 38.2 Å². The topological polar surface area (TPSA) is 53.0 Å². The Morgan fingerprint density at radius 3 is 2.57 bits per heavy atom. The summed E-state index contributed by atoms with van der Waals surface area (Å²) in [6.07, 6.45) is 2.04. The van der Waals surface area contributed by atoms with Crippen LogP contribution in [0.5, 0.6) is 0 Å². The number of fused-ring (bicyclic) bond motifs is 1. The molecule has 2 aliphatic rings. The molecular weight excluding hydrogens is 376 g/mol. The van der Waals surface area contributed by atoms with Crippen LogP contribution in [-0.2, 0) is 9.53 Å². The van der Waals surface area contributed by atoms with Crippen molar-refractivity contribution < 1.29 is 14.6 Å². The highest BCUT2D eigenvalue weighted by Gasteiger charge is 2.49. The molecule has 0 bridgehead atoms. The Labute approximate surface area is 179 Å². The summed E-state index contributed by atoms with van der Waals surface area (Å²) in [5, 5.41) is 10.1. The number of aliphatic hydroxyl groups is 1. The first-order valence-electron chi connectivity index (χ1n) is 10.9. The largest absolute Gasteiger partial charge is 0.395 e. The van der Waals surface area contributed by atoms with Crippen LogP contribution in [0.3, 0.4) is 0 Å². The fourth-order valence-electron chi connectivity index (χ4n) is 5.10. The van der Waals surface area contributed by atoms with Gasteiger partial charge in [-0.05, 0) is 43.0 Å². The van der Waals surface area contributed by atoms with Crippen LogP contribution in [0.15, 0.2) is 48.5 Å². The third-order valence-electron chi connectivity index (χ3n) is 6.64. The van der Waals surface area contributed by atoms with Crippen molar-refractivity contribution >= 4 is 5.91 Å². The average molecular weight is 409 g/mol. The SMILES string of the molecule is COCC(=O)N1CCCCN2[C@H](CO)[C@H](c3ccc(-c4cccc(C)c4)cc3)[C@@H]2C1. The van der Waals surface area contributed by atoms with E-state index >= 15 is 0 Å². The van der Waals surface area contributed by atoms with Gasteiger partial charge in [-0.15, -0.1) is 0 Å². The van der Waals surface area contributed by atoms with Gasteiger partial charge in [-0.1, -0.05) is 54.1 Å². The van der Waals surface area contributed by atoms with Crippen molar-refractivity contribution in [1.82, 2.24) is 9.80 Å². The smallest absolute Gasteiger partial charge is 0.248 e. The van der Waals surface area contributed by atoms with Crippen molar-refractivity contribution in [3.63, 3.8) is 0 Å². The Bertz CT molecular complexity index is 867. The zero-order valence-electron chi connectivity index (χ0n) is 18.0. The highest BCUT2D eigenvalue weighted by atomic mass is 16.5. The summed E-state index contributed by atoms with van der Waals surface area (Å²) in [6.45, 7) is 4.86. The molecule has 0 radical (unpaired) electrons. The third-order valence-corrected chi connectivity index (χ3v) is 6.64. The number of aliphatic hydroxyl groups excluding tert-OH is 1. The van der Waals surface area contributed by atoms with Crippen molar-refractivity contribution in [2.75, 3.05) is 40.0 Å². The van der Waals surface area contributed by atoms with Gasteiger partial charge in [-0.2, -0.15) is 0 Å². The number of rotatable bonds is 5. The molecule has 0 aromatic heterocycles. The van der Waals surface area contributed by atoms with E-state index in [-0.39, 0.29) is 37.1 Å². The minimum atomic E-state index is 0.0559. The number of hydrogen-bond acceptors (Lipinski definition) is 4. The molecule has 2 saturated heterocycles. The number of nitrogens with zero attached hydrogens (tertiary/aromatic N) is 2. The highest BCUT2D eigenvalue weighted by molar-refractivity contribution is 5.77. The van der Waals surface area contributed by atoms with Crippen LogP contribution in [0, 0.1) is 6.92 Å². The first kappa shape index (κ1) is 21.0. The van der Waals surface area contributed by atoms with Crippen LogP contribution in [0.4, 0.5) is 0 Å². The predicted molar refractivity (Wildman–Crippen MR) is 118 cm³/mol. The minimum Gasteiger partial charge on any atom is -0.395 e. The molecule has 1 N–H and O–H groups in total. The molecular formula is C25H32N2O3. The average Bonchev–Trinajstić information content (AvgIpc) is 2.73. The Balaban J connectivity index is 1.56. The summed E-state index contributed by atoms with van der Waals surface area (Å²) >= 11 is 0. The molecule has 0 aliphatic carbocycles. The standard InChI is InChI=1S/C25H32N2O3/c1-18-6-5-7-21(14-18)19-8-10-20(11-9-19)25-22-15-26(24(29)17-30-2)12-3-4-13-27(22)23(25)16-28/h5-11,14,22-23,25,28H,3-4,12-13,15-17H2,1-2H3/t22-,23+,25+/m0/s1. The van der Waals surface area contributed by atoms with Crippen molar-refractivity contribution in [3.8, 4) is 11.1 Å². The summed E-state index contributed by atoms with van der Waals surface area (Å²) in [4.78, 5) is 16.8. The molecule has 2 fully saturated rings. The zero-order valence-corrected chi connectivity index (χ0v) is 18.0. The molecule has 2 heterocycles. The van der Waals surface area contributed by atoms with Gasteiger partial charge in [-0.25, -0.2) is 0 Å². The van der Waals surface area contributed by atoms with Crippen molar-refractivity contribution in [2.24, 2.45) is 0 Å². The molecule has 2 aromatic rings. The monoisotopic (exact) mass is 408 g/mol. The molecule has 3 atom stereocenters. The van der Waals surface area contributed by atoms with E-state index in [2.05, 4.69) is 60.4 Å².